The summed E-state index contributed by atoms with van der Waals surface area (Å²) in [5, 5.41) is 2.75. The molecule has 5 nitrogen and oxygen atoms in total. The molecule has 154 valence electrons. The fraction of sp³-hybridized carbons (Fsp3) is 0.160. The van der Waals surface area contributed by atoms with Crippen LogP contribution in [0.5, 0.6) is 0 Å². The monoisotopic (exact) mass is 474 g/mol. The standard InChI is InChI=1S/C25H19BrN2O3/c1-25(18-6-4-7-19(26)13-18)23(30)28(24(31)27-25)14-22(29)17-10-9-16-11-15-5-2-3-8-20(15)21(16)12-17/h2-10,12-13H,11,14H2,1H3,(H,27,31). The van der Waals surface area contributed by atoms with Crippen molar-refractivity contribution in [1.82, 2.24) is 10.2 Å². The van der Waals surface area contributed by atoms with Gasteiger partial charge in [-0.05, 0) is 59.4 Å². The Balaban J connectivity index is 1.41. The molecule has 3 aromatic rings. The summed E-state index contributed by atoms with van der Waals surface area (Å²) < 4.78 is 0.807. The quantitative estimate of drug-likeness (QED) is 0.345. The molecular weight excluding hydrogens is 456 g/mol. The van der Waals surface area contributed by atoms with E-state index in [0.717, 1.165) is 26.9 Å². The smallest absolute Gasteiger partial charge is 0.319 e. The van der Waals surface area contributed by atoms with Crippen molar-refractivity contribution in [3.63, 3.8) is 0 Å². The fourth-order valence-corrected chi connectivity index (χ4v) is 4.77. The molecule has 0 saturated carbocycles. The van der Waals surface area contributed by atoms with Gasteiger partial charge in [0.05, 0.1) is 6.54 Å². The van der Waals surface area contributed by atoms with Gasteiger partial charge in [0, 0.05) is 10.0 Å². The third-order valence-electron chi connectivity index (χ3n) is 6.10. The number of rotatable bonds is 4. The van der Waals surface area contributed by atoms with E-state index < -0.39 is 17.5 Å². The molecule has 0 radical (unpaired) electrons. The van der Waals surface area contributed by atoms with Gasteiger partial charge in [-0.25, -0.2) is 4.79 Å². The van der Waals surface area contributed by atoms with Gasteiger partial charge in [-0.3, -0.25) is 14.5 Å². The zero-order valence-corrected chi connectivity index (χ0v) is 18.4. The number of carbonyl (C=O) groups excluding carboxylic acids is 3. The number of fused-ring (bicyclic) bond motifs is 3. The number of carbonyl (C=O) groups is 3. The predicted molar refractivity (Wildman–Crippen MR) is 121 cm³/mol. The van der Waals surface area contributed by atoms with Crippen molar-refractivity contribution in [3.8, 4) is 11.1 Å². The zero-order chi connectivity index (χ0) is 21.8. The van der Waals surface area contributed by atoms with E-state index in [9.17, 15) is 14.4 Å². The van der Waals surface area contributed by atoms with Crippen LogP contribution in [0.3, 0.4) is 0 Å². The van der Waals surface area contributed by atoms with Crippen LogP contribution in [0.4, 0.5) is 4.79 Å². The first-order valence-corrected chi connectivity index (χ1v) is 10.8. The molecule has 3 amide bonds. The van der Waals surface area contributed by atoms with Gasteiger partial charge in [-0.15, -0.1) is 0 Å². The molecule has 1 N–H and O–H groups in total. The average Bonchev–Trinajstić information content (AvgIpc) is 3.24. The fourth-order valence-electron chi connectivity index (χ4n) is 4.37. The summed E-state index contributed by atoms with van der Waals surface area (Å²) in [6, 6.07) is 20.4. The second-order valence-corrected chi connectivity index (χ2v) is 9.00. The highest BCUT2D eigenvalue weighted by Crippen LogP contribution is 2.37. The Labute approximate surface area is 188 Å². The van der Waals surface area contributed by atoms with Crippen molar-refractivity contribution in [2.75, 3.05) is 6.54 Å². The normalized spacial score (nSPS) is 19.2. The summed E-state index contributed by atoms with van der Waals surface area (Å²) >= 11 is 3.40. The molecule has 6 heteroatoms. The lowest BCUT2D eigenvalue weighted by molar-refractivity contribution is -0.130. The van der Waals surface area contributed by atoms with E-state index in [2.05, 4.69) is 33.4 Å². The minimum atomic E-state index is -1.21. The summed E-state index contributed by atoms with van der Waals surface area (Å²) in [7, 11) is 0. The van der Waals surface area contributed by atoms with Gasteiger partial charge in [-0.1, -0.05) is 64.5 Å². The molecule has 1 fully saturated rings. The molecule has 2 aliphatic rings. The number of ketones is 1. The summed E-state index contributed by atoms with van der Waals surface area (Å²) in [5.74, 6) is -0.704. The van der Waals surface area contributed by atoms with E-state index in [1.807, 2.05) is 30.3 Å². The minimum absolute atomic E-state index is 0.269. The number of Topliss-reactive ketones (excluding diaryl/α,β-unsaturated/α-hetero) is 1. The van der Waals surface area contributed by atoms with Crippen LogP contribution in [-0.4, -0.2) is 29.2 Å². The largest absolute Gasteiger partial charge is 0.325 e. The van der Waals surface area contributed by atoms with Crippen molar-refractivity contribution < 1.29 is 14.4 Å². The van der Waals surface area contributed by atoms with Crippen LogP contribution < -0.4 is 5.32 Å². The third-order valence-corrected chi connectivity index (χ3v) is 6.59. The Bertz CT molecular complexity index is 1270. The Morgan fingerprint density at radius 1 is 1.00 bits per heavy atom. The number of hydrogen-bond donors (Lipinski definition) is 1. The number of halogens is 1. The lowest BCUT2D eigenvalue weighted by atomic mass is 9.92. The van der Waals surface area contributed by atoms with E-state index in [-0.39, 0.29) is 12.3 Å². The summed E-state index contributed by atoms with van der Waals surface area (Å²) in [6.45, 7) is 1.36. The maximum absolute atomic E-state index is 13.1. The number of imide groups is 1. The van der Waals surface area contributed by atoms with Gasteiger partial charge in [0.15, 0.2) is 5.78 Å². The lowest BCUT2D eigenvalue weighted by Crippen LogP contribution is -2.41. The number of hydrogen-bond acceptors (Lipinski definition) is 3. The van der Waals surface area contributed by atoms with Gasteiger partial charge in [0.2, 0.25) is 0 Å². The van der Waals surface area contributed by atoms with Crippen molar-refractivity contribution in [3.05, 3.63) is 93.5 Å². The number of benzene rings is 3. The zero-order valence-electron chi connectivity index (χ0n) is 16.8. The SMILES string of the molecule is CC1(c2cccc(Br)c2)NC(=O)N(CC(=O)c2ccc3c(c2)-c2ccccc2C3)C1=O. The predicted octanol–water partition coefficient (Wildman–Crippen LogP) is 4.67. The Hall–Kier alpha value is -3.25. The third kappa shape index (κ3) is 3.18. The Morgan fingerprint density at radius 2 is 1.77 bits per heavy atom. The molecule has 1 heterocycles. The van der Waals surface area contributed by atoms with Crippen LogP contribution in [0, 0.1) is 0 Å². The first-order chi connectivity index (χ1) is 14.9. The molecule has 1 aliphatic carbocycles. The highest BCUT2D eigenvalue weighted by molar-refractivity contribution is 9.10. The number of nitrogens with zero attached hydrogens (tertiary/aromatic N) is 1. The van der Waals surface area contributed by atoms with E-state index >= 15 is 0 Å². The molecule has 31 heavy (non-hydrogen) atoms. The molecule has 5 rings (SSSR count). The molecule has 1 aliphatic heterocycles. The van der Waals surface area contributed by atoms with Gasteiger partial charge in [0.1, 0.15) is 5.54 Å². The highest BCUT2D eigenvalue weighted by Gasteiger charge is 2.49. The minimum Gasteiger partial charge on any atom is -0.319 e. The van der Waals surface area contributed by atoms with Gasteiger partial charge in [-0.2, -0.15) is 0 Å². The van der Waals surface area contributed by atoms with Crippen LogP contribution in [-0.2, 0) is 16.8 Å². The maximum atomic E-state index is 13.1. The van der Waals surface area contributed by atoms with Crippen molar-refractivity contribution in [1.29, 1.82) is 0 Å². The molecule has 0 spiro atoms. The second kappa shape index (κ2) is 7.17. The highest BCUT2D eigenvalue weighted by atomic mass is 79.9. The van der Waals surface area contributed by atoms with E-state index in [1.165, 1.54) is 11.1 Å². The molecular formula is C25H19BrN2O3. The Morgan fingerprint density at radius 3 is 2.58 bits per heavy atom. The first kappa shape index (κ1) is 19.7. The molecule has 1 unspecified atom stereocenters. The number of nitrogens with one attached hydrogen (secondary N) is 1. The number of urea groups is 1. The van der Waals surface area contributed by atoms with Crippen LogP contribution in [0.15, 0.2) is 71.2 Å². The summed E-state index contributed by atoms with van der Waals surface area (Å²) in [6.07, 6.45) is 0.845. The summed E-state index contributed by atoms with van der Waals surface area (Å²) in [4.78, 5) is 39.8. The van der Waals surface area contributed by atoms with E-state index in [1.54, 1.807) is 31.2 Å². The van der Waals surface area contributed by atoms with E-state index in [0.29, 0.717) is 11.1 Å². The average molecular weight is 475 g/mol. The van der Waals surface area contributed by atoms with Crippen molar-refractivity contribution >= 4 is 33.7 Å². The van der Waals surface area contributed by atoms with Crippen LogP contribution in [0.25, 0.3) is 11.1 Å². The van der Waals surface area contributed by atoms with E-state index in [4.69, 9.17) is 0 Å². The molecule has 1 saturated heterocycles. The van der Waals surface area contributed by atoms with Crippen molar-refractivity contribution in [2.45, 2.75) is 18.9 Å². The maximum Gasteiger partial charge on any atom is 0.325 e. The molecule has 0 bridgehead atoms. The molecule has 3 aromatic carbocycles. The van der Waals surface area contributed by atoms with Crippen LogP contribution in [0.2, 0.25) is 0 Å². The lowest BCUT2D eigenvalue weighted by Gasteiger charge is -2.22. The molecule has 0 aromatic heterocycles. The topological polar surface area (TPSA) is 66.5 Å². The Kier molecular flexibility index (Phi) is 4.55. The van der Waals surface area contributed by atoms with Gasteiger partial charge in [0.25, 0.3) is 5.91 Å². The van der Waals surface area contributed by atoms with Gasteiger partial charge < -0.3 is 5.32 Å². The first-order valence-electron chi connectivity index (χ1n) is 10.0. The van der Waals surface area contributed by atoms with Gasteiger partial charge >= 0.3 is 6.03 Å². The van der Waals surface area contributed by atoms with Crippen molar-refractivity contribution in [2.24, 2.45) is 0 Å². The number of amides is 3. The molecule has 1 atom stereocenters. The van der Waals surface area contributed by atoms with Crippen LogP contribution in [0.1, 0.15) is 34.0 Å². The van der Waals surface area contributed by atoms with Crippen LogP contribution >= 0.6 is 15.9 Å². The second-order valence-electron chi connectivity index (χ2n) is 8.09. The summed E-state index contributed by atoms with van der Waals surface area (Å²) in [5.41, 5.74) is 4.52.